The van der Waals surface area contributed by atoms with Gasteiger partial charge in [0.05, 0.1) is 0 Å². The molecule has 9 heteroatoms. The third kappa shape index (κ3) is 181. The molecule has 0 aliphatic heterocycles. The Morgan fingerprint density at radius 2 is 0.889 bits per heavy atom. The van der Waals surface area contributed by atoms with Crippen LogP contribution in [0.5, 0.6) is 0 Å². The van der Waals surface area contributed by atoms with E-state index in [4.69, 9.17) is 19.2 Å². The standard InChI is InChI=1S/Fe.Mg.Mn.H4O4Si.H2O.2H/c;;;1-5(2,3)4;;;/h;;;1-4H;1H2;;. The molecule has 0 aliphatic carbocycles. The zero-order valence-electron chi connectivity index (χ0n) is 3.52. The van der Waals surface area contributed by atoms with E-state index in [1.54, 1.807) is 0 Å². The molecule has 0 aliphatic rings. The van der Waals surface area contributed by atoms with E-state index >= 15 is 0 Å². The normalized spacial score (nSPS) is 6.67. The van der Waals surface area contributed by atoms with E-state index in [1.165, 1.54) is 0 Å². The molecular weight excluding hydrogens is 243 g/mol. The van der Waals surface area contributed by atoms with E-state index in [9.17, 15) is 0 Å². The van der Waals surface area contributed by atoms with Crippen LogP contribution in [0.2, 0.25) is 0 Å². The van der Waals surface area contributed by atoms with Crippen LogP contribution in [0.3, 0.4) is 0 Å². The topological polar surface area (TPSA) is 112 Å². The Balaban J connectivity index is -0.0000000133. The summed E-state index contributed by atoms with van der Waals surface area (Å²) in [5.74, 6) is 0. The van der Waals surface area contributed by atoms with Crippen LogP contribution in [0, 0.1) is 0 Å². The van der Waals surface area contributed by atoms with Crippen LogP contribution in [0.25, 0.3) is 0 Å². The Labute approximate surface area is 90.4 Å². The maximum absolute atomic E-state index is 7.33. The molecule has 0 spiro atoms. The average molecular weight is 251 g/mol. The van der Waals surface area contributed by atoms with Crippen LogP contribution >= 0.6 is 0 Å². The molecule has 0 unspecified atom stereocenters. The van der Waals surface area contributed by atoms with Gasteiger partial charge >= 0.3 is 32.1 Å². The van der Waals surface area contributed by atoms with Gasteiger partial charge in [0.2, 0.25) is 0 Å². The maximum Gasteiger partial charge on any atom is 0.668 e. The average Bonchev–Trinajstić information content (AvgIpc) is 0.722. The first-order chi connectivity index (χ1) is 2.00. The molecule has 0 saturated carbocycles. The molecule has 0 amide bonds. The van der Waals surface area contributed by atoms with Gasteiger partial charge in [0.1, 0.15) is 0 Å². The minimum atomic E-state index is -4.61. The van der Waals surface area contributed by atoms with E-state index in [0.29, 0.717) is 0 Å². The zero-order valence-corrected chi connectivity index (χ0v) is 6.80. The molecule has 0 aromatic heterocycles. The first kappa shape index (κ1) is 30.8. The van der Waals surface area contributed by atoms with E-state index in [-0.39, 0.29) is 62.7 Å². The molecule has 0 heterocycles. The van der Waals surface area contributed by atoms with Gasteiger partial charge in [0.15, 0.2) is 0 Å². The Hall–Kier alpha value is 1.82. The molecule has 0 rings (SSSR count). The van der Waals surface area contributed by atoms with Crippen LogP contribution in [0.4, 0.5) is 0 Å². The van der Waals surface area contributed by atoms with Crippen LogP contribution in [0.1, 0.15) is 0 Å². The third-order valence-electron chi connectivity index (χ3n) is 0. The summed E-state index contributed by atoms with van der Waals surface area (Å²) < 4.78 is 0. The van der Waals surface area contributed by atoms with E-state index in [0.717, 1.165) is 0 Å². The Kier molecular flexibility index (Phi) is 42.8. The van der Waals surface area contributed by atoms with Crippen molar-refractivity contribution in [3.05, 3.63) is 0 Å². The van der Waals surface area contributed by atoms with Crippen LogP contribution in [0.15, 0.2) is 0 Å². The van der Waals surface area contributed by atoms with E-state index in [2.05, 4.69) is 0 Å². The fourth-order valence-corrected chi connectivity index (χ4v) is 0. The van der Waals surface area contributed by atoms with Crippen molar-refractivity contribution >= 4 is 32.1 Å². The zero-order chi connectivity index (χ0) is 4.50. The van der Waals surface area contributed by atoms with Gasteiger partial charge in [-0.2, -0.15) is 0 Å². The fourth-order valence-electron chi connectivity index (χ4n) is 0. The first-order valence-electron chi connectivity index (χ1n) is 0.894. The van der Waals surface area contributed by atoms with Crippen molar-refractivity contribution in [2.45, 2.75) is 0 Å². The smallest absolute Gasteiger partial charge is 0.412 e. The summed E-state index contributed by atoms with van der Waals surface area (Å²) in [6.45, 7) is 0. The van der Waals surface area contributed by atoms with Gasteiger partial charge in [-0.15, -0.1) is 0 Å². The second kappa shape index (κ2) is 12.5. The molecule has 6 N–H and O–H groups in total. The monoisotopic (exact) mass is 251 g/mol. The quantitative estimate of drug-likeness (QED) is 0.326. The summed E-state index contributed by atoms with van der Waals surface area (Å²) in [5, 5.41) is 0. The molecular formula is H8FeMgMnO5Si. The number of hydrogen-bond donors (Lipinski definition) is 4. The number of hydrogen-bond acceptors (Lipinski definition) is 4. The van der Waals surface area contributed by atoms with E-state index in [1.807, 2.05) is 0 Å². The molecule has 0 fully saturated rings. The summed E-state index contributed by atoms with van der Waals surface area (Å²) in [7, 11) is -4.61. The van der Waals surface area contributed by atoms with Crippen molar-refractivity contribution in [1.82, 2.24) is 0 Å². The van der Waals surface area contributed by atoms with Gasteiger partial charge in [-0.1, -0.05) is 0 Å². The van der Waals surface area contributed by atoms with Crippen molar-refractivity contribution in [1.29, 1.82) is 0 Å². The van der Waals surface area contributed by atoms with Crippen molar-refractivity contribution < 1.29 is 58.8 Å². The second-order valence-corrected chi connectivity index (χ2v) is 1.80. The molecule has 1 radical (unpaired) electrons. The summed E-state index contributed by atoms with van der Waals surface area (Å²) in [4.78, 5) is 29.3. The van der Waals surface area contributed by atoms with Gasteiger partial charge in [0, 0.05) is 34.1 Å². The number of rotatable bonds is 0. The third-order valence-corrected chi connectivity index (χ3v) is 0. The molecule has 0 saturated heterocycles. The summed E-state index contributed by atoms with van der Waals surface area (Å²) in [5.41, 5.74) is 0. The molecule has 9 heavy (non-hydrogen) atoms. The summed E-state index contributed by atoms with van der Waals surface area (Å²) in [6.07, 6.45) is 0. The van der Waals surface area contributed by atoms with Gasteiger partial charge < -0.3 is 24.7 Å². The minimum absolute atomic E-state index is 0. The van der Waals surface area contributed by atoms with Gasteiger partial charge in [-0.05, 0) is 0 Å². The fraction of sp³-hybridized carbons (Fsp3) is 0. The second-order valence-electron chi connectivity index (χ2n) is 0.600. The van der Waals surface area contributed by atoms with Crippen molar-refractivity contribution in [3.8, 4) is 0 Å². The van der Waals surface area contributed by atoms with Crippen molar-refractivity contribution in [2.24, 2.45) is 0 Å². The SMILES string of the molecule is O.O[Si](O)(O)O.[Fe].[MgH2].[Mn]. The van der Waals surface area contributed by atoms with Crippen molar-refractivity contribution in [2.75, 3.05) is 0 Å². The largest absolute Gasteiger partial charge is 0.668 e. The Bertz CT molecular complexity index is 32.4. The molecule has 59 valence electrons. The van der Waals surface area contributed by atoms with Crippen molar-refractivity contribution in [3.63, 3.8) is 0 Å². The van der Waals surface area contributed by atoms with Crippen LogP contribution < -0.4 is 0 Å². The summed E-state index contributed by atoms with van der Waals surface area (Å²) in [6, 6.07) is 0. The predicted molar refractivity (Wildman–Crippen MR) is 26.8 cm³/mol. The van der Waals surface area contributed by atoms with Gasteiger partial charge in [-0.3, -0.25) is 0 Å². The summed E-state index contributed by atoms with van der Waals surface area (Å²) >= 11 is 0. The van der Waals surface area contributed by atoms with Gasteiger partial charge in [-0.25, -0.2) is 0 Å². The molecule has 0 aromatic rings. The Morgan fingerprint density at radius 1 is 0.889 bits per heavy atom. The minimum Gasteiger partial charge on any atom is -0.412 e. The van der Waals surface area contributed by atoms with Gasteiger partial charge in [0.25, 0.3) is 0 Å². The predicted octanol–water partition coefficient (Wildman–Crippen LogP) is -4.35. The Morgan fingerprint density at radius 3 is 0.889 bits per heavy atom. The first-order valence-corrected chi connectivity index (χ1v) is 2.68. The van der Waals surface area contributed by atoms with Crippen LogP contribution in [-0.2, 0) is 34.1 Å². The maximum atomic E-state index is 7.33. The molecule has 0 bridgehead atoms. The molecule has 5 nitrogen and oxygen atoms in total. The molecule has 0 aromatic carbocycles. The van der Waals surface area contributed by atoms with E-state index < -0.39 is 9.05 Å². The molecule has 0 atom stereocenters. The van der Waals surface area contributed by atoms with Crippen LogP contribution in [-0.4, -0.2) is 56.8 Å².